The van der Waals surface area contributed by atoms with Crippen LogP contribution in [0.25, 0.3) is 0 Å². The van der Waals surface area contributed by atoms with E-state index in [4.69, 9.17) is 0 Å². The minimum Gasteiger partial charge on any atom is -0.369 e. The molecule has 2 saturated heterocycles. The Morgan fingerprint density at radius 3 is 2.55 bits per heavy atom. The fraction of sp³-hybridized carbons (Fsp3) is 0.647. The zero-order valence-corrected chi connectivity index (χ0v) is 12.4. The van der Waals surface area contributed by atoms with Crippen molar-refractivity contribution in [2.24, 2.45) is 5.92 Å². The average molecular weight is 271 g/mol. The zero-order chi connectivity index (χ0) is 13.6. The van der Waals surface area contributed by atoms with E-state index in [2.05, 4.69) is 46.4 Å². The highest BCUT2D eigenvalue weighted by molar-refractivity contribution is 5.50. The second-order valence-corrected chi connectivity index (χ2v) is 6.85. The predicted octanol–water partition coefficient (Wildman–Crippen LogP) is 1.69. The van der Waals surface area contributed by atoms with Crippen LogP contribution in [0.3, 0.4) is 0 Å². The number of nitrogens with one attached hydrogen (secondary N) is 1. The van der Waals surface area contributed by atoms with Crippen molar-refractivity contribution in [2.75, 3.05) is 51.2 Å². The van der Waals surface area contributed by atoms with Crippen LogP contribution in [0.2, 0.25) is 0 Å². The second kappa shape index (κ2) is 4.74. The van der Waals surface area contributed by atoms with Crippen molar-refractivity contribution >= 4 is 5.69 Å². The van der Waals surface area contributed by atoms with Crippen LogP contribution in [0.5, 0.6) is 0 Å². The number of likely N-dealkylation sites (tertiary alicyclic amines) is 1. The second-order valence-electron chi connectivity index (χ2n) is 6.85. The molecule has 1 aromatic carbocycles. The summed E-state index contributed by atoms with van der Waals surface area (Å²) in [6.45, 7) is 7.05. The Kier molecular flexibility index (Phi) is 3.00. The number of piperazine rings is 1. The highest BCUT2D eigenvalue weighted by atomic mass is 15.2. The van der Waals surface area contributed by atoms with E-state index >= 15 is 0 Å². The Balaban J connectivity index is 1.51. The predicted molar refractivity (Wildman–Crippen MR) is 83.4 cm³/mol. The van der Waals surface area contributed by atoms with Gasteiger partial charge in [0.2, 0.25) is 0 Å². The molecular formula is C17H25N3. The number of piperidine rings is 1. The van der Waals surface area contributed by atoms with Gasteiger partial charge < -0.3 is 15.1 Å². The molecule has 3 aliphatic rings. The topological polar surface area (TPSA) is 18.5 Å². The lowest BCUT2D eigenvalue weighted by Gasteiger charge is -2.31. The van der Waals surface area contributed by atoms with Crippen molar-refractivity contribution < 1.29 is 0 Å². The van der Waals surface area contributed by atoms with Crippen LogP contribution in [0.4, 0.5) is 5.69 Å². The number of fused-ring (bicyclic) bond motifs is 1. The number of anilines is 1. The molecule has 2 unspecified atom stereocenters. The van der Waals surface area contributed by atoms with Gasteiger partial charge in [0.1, 0.15) is 0 Å². The molecule has 108 valence electrons. The molecule has 1 aromatic rings. The maximum absolute atomic E-state index is 3.42. The highest BCUT2D eigenvalue weighted by Crippen LogP contribution is 2.59. The van der Waals surface area contributed by atoms with Gasteiger partial charge in [-0.2, -0.15) is 0 Å². The Hall–Kier alpha value is -1.06. The summed E-state index contributed by atoms with van der Waals surface area (Å²) < 4.78 is 0. The molecule has 3 fully saturated rings. The Morgan fingerprint density at radius 1 is 1.10 bits per heavy atom. The van der Waals surface area contributed by atoms with Crippen molar-refractivity contribution in [3.05, 3.63) is 29.8 Å². The lowest BCUT2D eigenvalue weighted by Crippen LogP contribution is -2.43. The van der Waals surface area contributed by atoms with Gasteiger partial charge in [-0.3, -0.25) is 0 Å². The molecule has 1 aliphatic carbocycles. The fourth-order valence-corrected chi connectivity index (χ4v) is 4.21. The van der Waals surface area contributed by atoms with Crippen LogP contribution in [0.1, 0.15) is 18.4 Å². The van der Waals surface area contributed by atoms with Gasteiger partial charge in [0, 0.05) is 43.8 Å². The van der Waals surface area contributed by atoms with Crippen LogP contribution in [-0.4, -0.2) is 51.2 Å². The lowest BCUT2D eigenvalue weighted by atomic mass is 9.87. The molecule has 1 N–H and O–H groups in total. The van der Waals surface area contributed by atoms with Crippen molar-refractivity contribution in [3.8, 4) is 0 Å². The molecule has 4 rings (SSSR count). The summed E-state index contributed by atoms with van der Waals surface area (Å²) in [5, 5.41) is 3.42. The lowest BCUT2D eigenvalue weighted by molar-refractivity contribution is 0.248. The van der Waals surface area contributed by atoms with Crippen LogP contribution in [0.15, 0.2) is 24.3 Å². The van der Waals surface area contributed by atoms with E-state index in [1.807, 2.05) is 0 Å². The van der Waals surface area contributed by atoms with Crippen molar-refractivity contribution in [3.63, 3.8) is 0 Å². The normalized spacial score (nSPS) is 33.9. The van der Waals surface area contributed by atoms with Gasteiger partial charge in [0.15, 0.2) is 0 Å². The SMILES string of the molecule is CN1CCC2(c3ccc(N4CCNCC4)cc3)CC2C1. The molecule has 2 atom stereocenters. The van der Waals surface area contributed by atoms with E-state index in [9.17, 15) is 0 Å². The van der Waals surface area contributed by atoms with E-state index in [1.54, 1.807) is 5.56 Å². The molecule has 0 radical (unpaired) electrons. The van der Waals surface area contributed by atoms with Crippen LogP contribution in [0, 0.1) is 5.92 Å². The number of nitrogens with zero attached hydrogens (tertiary/aromatic N) is 2. The summed E-state index contributed by atoms with van der Waals surface area (Å²) in [4.78, 5) is 4.99. The first-order valence-electron chi connectivity index (χ1n) is 8.03. The molecule has 20 heavy (non-hydrogen) atoms. The van der Waals surface area contributed by atoms with Crippen molar-refractivity contribution in [1.82, 2.24) is 10.2 Å². The Bertz CT molecular complexity index is 478. The average Bonchev–Trinajstić information content (AvgIpc) is 3.23. The maximum atomic E-state index is 3.42. The smallest absolute Gasteiger partial charge is 0.0367 e. The fourth-order valence-electron chi connectivity index (χ4n) is 4.21. The van der Waals surface area contributed by atoms with E-state index < -0.39 is 0 Å². The third kappa shape index (κ3) is 2.04. The Morgan fingerprint density at radius 2 is 1.85 bits per heavy atom. The first kappa shape index (κ1) is 12.7. The monoisotopic (exact) mass is 271 g/mol. The highest BCUT2D eigenvalue weighted by Gasteiger charge is 2.56. The van der Waals surface area contributed by atoms with E-state index in [-0.39, 0.29) is 0 Å². The summed E-state index contributed by atoms with van der Waals surface area (Å²) in [7, 11) is 2.26. The summed E-state index contributed by atoms with van der Waals surface area (Å²) in [5.41, 5.74) is 3.53. The molecule has 2 aliphatic heterocycles. The first-order chi connectivity index (χ1) is 9.78. The van der Waals surface area contributed by atoms with Gasteiger partial charge in [-0.25, -0.2) is 0 Å². The van der Waals surface area contributed by atoms with Gasteiger partial charge >= 0.3 is 0 Å². The molecule has 1 saturated carbocycles. The van der Waals surface area contributed by atoms with Gasteiger partial charge in [-0.15, -0.1) is 0 Å². The number of hydrogen-bond donors (Lipinski definition) is 1. The zero-order valence-electron chi connectivity index (χ0n) is 12.4. The minimum atomic E-state index is 0.536. The largest absolute Gasteiger partial charge is 0.369 e. The van der Waals surface area contributed by atoms with E-state index in [0.29, 0.717) is 5.41 Å². The molecular weight excluding hydrogens is 246 g/mol. The standard InChI is InChI=1S/C17H25N3/c1-19-9-6-17(12-15(17)13-19)14-2-4-16(5-3-14)20-10-7-18-8-11-20/h2-5,15,18H,6-13H2,1H3. The van der Waals surface area contributed by atoms with Crippen LogP contribution in [-0.2, 0) is 5.41 Å². The molecule has 0 spiro atoms. The number of hydrogen-bond acceptors (Lipinski definition) is 3. The van der Waals surface area contributed by atoms with Gasteiger partial charge in [0.05, 0.1) is 0 Å². The molecule has 2 heterocycles. The third-order valence-electron chi connectivity index (χ3n) is 5.63. The minimum absolute atomic E-state index is 0.536. The van der Waals surface area contributed by atoms with E-state index in [1.165, 1.54) is 31.6 Å². The van der Waals surface area contributed by atoms with Crippen molar-refractivity contribution in [2.45, 2.75) is 18.3 Å². The van der Waals surface area contributed by atoms with Crippen LogP contribution >= 0.6 is 0 Å². The van der Waals surface area contributed by atoms with Crippen LogP contribution < -0.4 is 10.2 Å². The van der Waals surface area contributed by atoms with Gasteiger partial charge in [0.25, 0.3) is 0 Å². The first-order valence-corrected chi connectivity index (χ1v) is 8.03. The molecule has 0 amide bonds. The van der Waals surface area contributed by atoms with Crippen molar-refractivity contribution in [1.29, 1.82) is 0 Å². The van der Waals surface area contributed by atoms with Gasteiger partial charge in [-0.1, -0.05) is 12.1 Å². The Labute approximate surface area is 121 Å². The molecule has 3 heteroatoms. The summed E-state index contributed by atoms with van der Waals surface area (Å²) >= 11 is 0. The van der Waals surface area contributed by atoms with E-state index in [0.717, 1.165) is 32.1 Å². The third-order valence-corrected chi connectivity index (χ3v) is 5.63. The summed E-state index contributed by atoms with van der Waals surface area (Å²) in [6, 6.07) is 9.51. The summed E-state index contributed by atoms with van der Waals surface area (Å²) in [6.07, 6.45) is 2.76. The maximum Gasteiger partial charge on any atom is 0.0367 e. The quantitative estimate of drug-likeness (QED) is 0.883. The number of rotatable bonds is 2. The molecule has 0 bridgehead atoms. The van der Waals surface area contributed by atoms with Gasteiger partial charge in [-0.05, 0) is 50.0 Å². The number of benzene rings is 1. The summed E-state index contributed by atoms with van der Waals surface area (Å²) in [5.74, 6) is 0.909. The molecule has 0 aromatic heterocycles. The molecule has 3 nitrogen and oxygen atoms in total.